The second kappa shape index (κ2) is 4.66. The number of anilines is 1. The molecule has 66 valence electrons. The van der Waals surface area contributed by atoms with Crippen LogP contribution in [0, 0.1) is 0 Å². The lowest BCUT2D eigenvalue weighted by atomic mass is 10.4. The highest BCUT2D eigenvalue weighted by molar-refractivity contribution is 7.13. The molecule has 1 amide bonds. The summed E-state index contributed by atoms with van der Waals surface area (Å²) in [5.74, 6) is 0.0204. The second-order valence-corrected chi connectivity index (χ2v) is 2.93. The highest BCUT2D eigenvalue weighted by Crippen LogP contribution is 2.06. The van der Waals surface area contributed by atoms with Crippen molar-refractivity contribution in [3.05, 3.63) is 5.51 Å². The largest absolute Gasteiger partial charge is 0.360 e. The summed E-state index contributed by atoms with van der Waals surface area (Å²) in [6.45, 7) is 0.592. The molecule has 0 spiro atoms. The predicted molar refractivity (Wildman–Crippen MR) is 47.1 cm³/mol. The van der Waals surface area contributed by atoms with Crippen LogP contribution in [0.5, 0.6) is 0 Å². The van der Waals surface area contributed by atoms with Gasteiger partial charge in [0.1, 0.15) is 5.51 Å². The van der Waals surface area contributed by atoms with Crippen molar-refractivity contribution in [1.29, 1.82) is 0 Å². The van der Waals surface area contributed by atoms with Gasteiger partial charge in [-0.1, -0.05) is 11.3 Å². The zero-order chi connectivity index (χ0) is 8.81. The SMILES string of the molecule is CNC(=O)CCNc1nncs1. The Bertz CT molecular complexity index is 236. The van der Waals surface area contributed by atoms with Crippen molar-refractivity contribution >= 4 is 22.4 Å². The second-order valence-electron chi connectivity index (χ2n) is 2.09. The van der Waals surface area contributed by atoms with Gasteiger partial charge in [0.2, 0.25) is 11.0 Å². The molecule has 0 aliphatic heterocycles. The number of hydrogen-bond donors (Lipinski definition) is 2. The molecule has 0 radical (unpaired) electrons. The summed E-state index contributed by atoms with van der Waals surface area (Å²) in [5, 5.41) is 13.7. The number of nitrogens with zero attached hydrogens (tertiary/aromatic N) is 2. The van der Waals surface area contributed by atoms with E-state index in [1.165, 1.54) is 11.3 Å². The maximum atomic E-state index is 10.8. The molecule has 0 aliphatic rings. The van der Waals surface area contributed by atoms with E-state index in [1.807, 2.05) is 0 Å². The number of rotatable bonds is 4. The van der Waals surface area contributed by atoms with Gasteiger partial charge in [0, 0.05) is 20.0 Å². The molecule has 0 saturated carbocycles. The van der Waals surface area contributed by atoms with E-state index < -0.39 is 0 Å². The fraction of sp³-hybridized carbons (Fsp3) is 0.500. The zero-order valence-electron chi connectivity index (χ0n) is 6.70. The van der Waals surface area contributed by atoms with E-state index in [2.05, 4.69) is 20.8 Å². The molecule has 1 rings (SSSR count). The Hall–Kier alpha value is -1.17. The average Bonchev–Trinajstić information content (AvgIpc) is 2.57. The minimum absolute atomic E-state index is 0.0204. The molecule has 6 heteroatoms. The van der Waals surface area contributed by atoms with E-state index in [1.54, 1.807) is 12.6 Å². The molecule has 0 aliphatic carbocycles. The third-order valence-electron chi connectivity index (χ3n) is 1.27. The van der Waals surface area contributed by atoms with Crippen LogP contribution in [0.2, 0.25) is 0 Å². The first kappa shape index (κ1) is 8.92. The standard InChI is InChI=1S/C6H10N4OS/c1-7-5(11)2-3-8-6-10-9-4-12-6/h4H,2-3H2,1H3,(H,7,11)(H,8,10). The molecule has 0 fully saturated rings. The average molecular weight is 186 g/mol. The monoisotopic (exact) mass is 186 g/mol. The van der Waals surface area contributed by atoms with Gasteiger partial charge in [0.15, 0.2) is 0 Å². The Morgan fingerprint density at radius 1 is 1.75 bits per heavy atom. The van der Waals surface area contributed by atoms with Gasteiger partial charge in [-0.05, 0) is 0 Å². The molecule has 0 bridgehead atoms. The molecule has 0 atom stereocenters. The van der Waals surface area contributed by atoms with Crippen LogP contribution >= 0.6 is 11.3 Å². The number of amides is 1. The van der Waals surface area contributed by atoms with E-state index in [9.17, 15) is 4.79 Å². The minimum Gasteiger partial charge on any atom is -0.360 e. The van der Waals surface area contributed by atoms with E-state index >= 15 is 0 Å². The summed E-state index contributed by atoms with van der Waals surface area (Å²) >= 11 is 1.42. The Labute approximate surface area is 74.2 Å². The fourth-order valence-electron chi connectivity index (χ4n) is 0.658. The highest BCUT2D eigenvalue weighted by atomic mass is 32.1. The molecule has 5 nitrogen and oxygen atoms in total. The van der Waals surface area contributed by atoms with Crippen molar-refractivity contribution in [1.82, 2.24) is 15.5 Å². The topological polar surface area (TPSA) is 66.9 Å². The minimum atomic E-state index is 0.0204. The molecule has 1 aromatic rings. The van der Waals surface area contributed by atoms with Crippen molar-refractivity contribution in [2.24, 2.45) is 0 Å². The third kappa shape index (κ3) is 2.83. The lowest BCUT2D eigenvalue weighted by Crippen LogP contribution is -2.20. The predicted octanol–water partition coefficient (Wildman–Crippen LogP) is 0.0861. The van der Waals surface area contributed by atoms with Gasteiger partial charge in [-0.25, -0.2) is 0 Å². The Morgan fingerprint density at radius 3 is 3.17 bits per heavy atom. The molecule has 0 saturated heterocycles. The van der Waals surface area contributed by atoms with Crippen molar-refractivity contribution in [3.63, 3.8) is 0 Å². The molecule has 1 heterocycles. The van der Waals surface area contributed by atoms with Gasteiger partial charge in [-0.15, -0.1) is 10.2 Å². The number of nitrogens with one attached hydrogen (secondary N) is 2. The van der Waals surface area contributed by atoms with Crippen molar-refractivity contribution in [2.75, 3.05) is 18.9 Å². The van der Waals surface area contributed by atoms with Crippen LogP contribution in [-0.4, -0.2) is 29.7 Å². The number of carbonyl (C=O) groups excluding carboxylic acids is 1. The Morgan fingerprint density at radius 2 is 2.58 bits per heavy atom. The smallest absolute Gasteiger partial charge is 0.221 e. The van der Waals surface area contributed by atoms with Crippen LogP contribution in [0.4, 0.5) is 5.13 Å². The number of hydrogen-bond acceptors (Lipinski definition) is 5. The number of carbonyl (C=O) groups is 1. The van der Waals surface area contributed by atoms with Crippen molar-refractivity contribution in [2.45, 2.75) is 6.42 Å². The quantitative estimate of drug-likeness (QED) is 0.699. The Balaban J connectivity index is 2.15. The van der Waals surface area contributed by atoms with Crippen LogP contribution in [0.1, 0.15) is 6.42 Å². The summed E-state index contributed by atoms with van der Waals surface area (Å²) in [4.78, 5) is 10.8. The highest BCUT2D eigenvalue weighted by Gasteiger charge is 1.98. The van der Waals surface area contributed by atoms with Crippen LogP contribution < -0.4 is 10.6 Å². The first-order chi connectivity index (χ1) is 5.83. The van der Waals surface area contributed by atoms with E-state index in [0.717, 1.165) is 5.13 Å². The first-order valence-corrected chi connectivity index (χ1v) is 4.41. The van der Waals surface area contributed by atoms with Crippen LogP contribution in [0.15, 0.2) is 5.51 Å². The van der Waals surface area contributed by atoms with Crippen LogP contribution in [0.3, 0.4) is 0 Å². The zero-order valence-corrected chi connectivity index (χ0v) is 7.52. The van der Waals surface area contributed by atoms with Gasteiger partial charge >= 0.3 is 0 Å². The number of aromatic nitrogens is 2. The summed E-state index contributed by atoms with van der Waals surface area (Å²) < 4.78 is 0. The van der Waals surface area contributed by atoms with Crippen LogP contribution in [0.25, 0.3) is 0 Å². The third-order valence-corrected chi connectivity index (χ3v) is 1.92. The molecule has 0 unspecified atom stereocenters. The van der Waals surface area contributed by atoms with E-state index in [4.69, 9.17) is 0 Å². The molecular weight excluding hydrogens is 176 g/mol. The molecule has 1 aromatic heterocycles. The van der Waals surface area contributed by atoms with Gasteiger partial charge in [0.05, 0.1) is 0 Å². The van der Waals surface area contributed by atoms with Gasteiger partial charge in [-0.2, -0.15) is 0 Å². The molecular formula is C6H10N4OS. The van der Waals surface area contributed by atoms with Gasteiger partial charge < -0.3 is 10.6 Å². The molecule has 12 heavy (non-hydrogen) atoms. The summed E-state index contributed by atoms with van der Waals surface area (Å²) in [6, 6.07) is 0. The lowest BCUT2D eigenvalue weighted by Gasteiger charge is -1.99. The van der Waals surface area contributed by atoms with E-state index in [0.29, 0.717) is 13.0 Å². The Kier molecular flexibility index (Phi) is 3.46. The normalized spacial score (nSPS) is 9.42. The van der Waals surface area contributed by atoms with E-state index in [-0.39, 0.29) is 5.91 Å². The van der Waals surface area contributed by atoms with Crippen molar-refractivity contribution < 1.29 is 4.79 Å². The first-order valence-electron chi connectivity index (χ1n) is 3.53. The maximum absolute atomic E-state index is 10.8. The van der Waals surface area contributed by atoms with Crippen molar-refractivity contribution in [3.8, 4) is 0 Å². The van der Waals surface area contributed by atoms with Gasteiger partial charge in [0.25, 0.3) is 0 Å². The summed E-state index contributed by atoms with van der Waals surface area (Å²) in [6.07, 6.45) is 0.454. The fourth-order valence-corrected chi connectivity index (χ4v) is 1.13. The molecule has 0 aromatic carbocycles. The van der Waals surface area contributed by atoms with Crippen LogP contribution in [-0.2, 0) is 4.79 Å². The molecule has 2 N–H and O–H groups in total. The maximum Gasteiger partial charge on any atom is 0.221 e. The van der Waals surface area contributed by atoms with Gasteiger partial charge in [-0.3, -0.25) is 4.79 Å². The summed E-state index contributed by atoms with van der Waals surface area (Å²) in [7, 11) is 1.62. The lowest BCUT2D eigenvalue weighted by molar-refractivity contribution is -0.120. The summed E-state index contributed by atoms with van der Waals surface area (Å²) in [5.41, 5.74) is 1.64.